The summed E-state index contributed by atoms with van der Waals surface area (Å²) in [5.74, 6) is -1.50. The number of phenolic OH excluding ortho intramolecular Hbond substituents is 1. The first-order valence-electron chi connectivity index (χ1n) is 4.46. The number of halogens is 3. The van der Waals surface area contributed by atoms with Gasteiger partial charge in [0.05, 0.1) is 18.6 Å². The largest absolute Gasteiger partial charge is 0.506 e. The molecule has 1 rings (SSSR count). The molecule has 0 aromatic heterocycles. The van der Waals surface area contributed by atoms with Crippen LogP contribution in [0.2, 0.25) is 5.02 Å². The lowest BCUT2D eigenvalue weighted by Gasteiger charge is -2.13. The first kappa shape index (κ1) is 16.0. The first-order valence-corrected chi connectivity index (χ1v) is 4.83. The summed E-state index contributed by atoms with van der Waals surface area (Å²) in [5, 5.41) is 9.40. The molecule has 3 N–H and O–H groups in total. The Hall–Kier alpha value is -1.04. The second-order valence-electron chi connectivity index (χ2n) is 3.21. The zero-order valence-electron chi connectivity index (χ0n) is 8.94. The molecule has 0 aliphatic rings. The molecule has 0 fully saturated rings. The molecule has 0 heterocycles. The maximum Gasteiger partial charge on any atom is 0.307 e. The zero-order chi connectivity index (χ0) is 12.3. The number of methoxy groups -OCH3 is 1. The van der Waals surface area contributed by atoms with Gasteiger partial charge in [-0.2, -0.15) is 0 Å². The highest BCUT2D eigenvalue weighted by molar-refractivity contribution is 6.32. The van der Waals surface area contributed by atoms with Crippen molar-refractivity contribution in [1.82, 2.24) is 0 Å². The highest BCUT2D eigenvalue weighted by atomic mass is 35.5. The first-order chi connectivity index (χ1) is 7.45. The number of carbonyl (C=O) groups is 1. The number of hydrogen-bond donors (Lipinski definition) is 2. The van der Waals surface area contributed by atoms with Gasteiger partial charge in [-0.15, -0.1) is 12.4 Å². The maximum absolute atomic E-state index is 13.0. The third kappa shape index (κ3) is 4.03. The van der Waals surface area contributed by atoms with Gasteiger partial charge >= 0.3 is 5.97 Å². The highest BCUT2D eigenvalue weighted by Crippen LogP contribution is 2.33. The van der Waals surface area contributed by atoms with E-state index < -0.39 is 17.8 Å². The van der Waals surface area contributed by atoms with Gasteiger partial charge < -0.3 is 15.6 Å². The number of carbonyl (C=O) groups excluding carboxylic acids is 1. The van der Waals surface area contributed by atoms with Crippen molar-refractivity contribution in [3.63, 3.8) is 0 Å². The molecule has 0 aliphatic carbocycles. The van der Waals surface area contributed by atoms with E-state index in [1.807, 2.05) is 0 Å². The van der Waals surface area contributed by atoms with Gasteiger partial charge in [0.2, 0.25) is 0 Å². The minimum atomic E-state index is -0.861. The molecule has 0 amide bonds. The van der Waals surface area contributed by atoms with Gasteiger partial charge in [0.15, 0.2) is 0 Å². The standard InChI is InChI=1S/C10H11ClFNO3.ClH/c1-16-9(14)4-8(13)6-2-5(12)3-7(11)10(6)15;/h2-3,8,15H,4,13H2,1H3;1H/t8-;/m0./s1. The van der Waals surface area contributed by atoms with Crippen molar-refractivity contribution in [2.24, 2.45) is 5.73 Å². The molecule has 1 aromatic carbocycles. The molecule has 0 radical (unpaired) electrons. The Morgan fingerprint density at radius 2 is 2.24 bits per heavy atom. The molecule has 0 aliphatic heterocycles. The molecule has 0 saturated heterocycles. The van der Waals surface area contributed by atoms with Crippen molar-refractivity contribution >= 4 is 30.0 Å². The summed E-state index contributed by atoms with van der Waals surface area (Å²) < 4.78 is 17.4. The van der Waals surface area contributed by atoms with E-state index in [-0.39, 0.29) is 35.2 Å². The molecule has 1 aromatic rings. The molecular weight excluding hydrogens is 272 g/mol. The van der Waals surface area contributed by atoms with E-state index in [0.717, 1.165) is 12.1 Å². The van der Waals surface area contributed by atoms with E-state index in [2.05, 4.69) is 4.74 Å². The molecule has 1 atom stereocenters. The van der Waals surface area contributed by atoms with Crippen molar-refractivity contribution in [1.29, 1.82) is 0 Å². The van der Waals surface area contributed by atoms with E-state index in [1.165, 1.54) is 7.11 Å². The van der Waals surface area contributed by atoms with Gasteiger partial charge in [0.1, 0.15) is 11.6 Å². The molecule has 17 heavy (non-hydrogen) atoms. The number of phenols is 1. The molecule has 4 nitrogen and oxygen atoms in total. The topological polar surface area (TPSA) is 72.5 Å². The van der Waals surface area contributed by atoms with Crippen LogP contribution in [0, 0.1) is 5.82 Å². The number of rotatable bonds is 3. The van der Waals surface area contributed by atoms with E-state index in [1.54, 1.807) is 0 Å². The quantitative estimate of drug-likeness (QED) is 0.834. The fraction of sp³-hybridized carbons (Fsp3) is 0.300. The van der Waals surface area contributed by atoms with Gasteiger partial charge in [-0.1, -0.05) is 11.6 Å². The average molecular weight is 284 g/mol. The maximum atomic E-state index is 13.0. The minimum Gasteiger partial charge on any atom is -0.506 e. The Morgan fingerprint density at radius 1 is 1.65 bits per heavy atom. The van der Waals surface area contributed by atoms with E-state index >= 15 is 0 Å². The number of aromatic hydroxyl groups is 1. The van der Waals surface area contributed by atoms with Gasteiger partial charge in [0, 0.05) is 11.6 Å². The normalized spacial score (nSPS) is 11.5. The molecule has 0 unspecified atom stereocenters. The number of nitrogens with two attached hydrogens (primary N) is 1. The Kier molecular flexibility index (Phi) is 6.23. The summed E-state index contributed by atoms with van der Waals surface area (Å²) in [4.78, 5) is 11.0. The SMILES string of the molecule is COC(=O)C[C@H](N)c1cc(F)cc(Cl)c1O.Cl. The Balaban J connectivity index is 0.00000256. The van der Waals surface area contributed by atoms with Crippen molar-refractivity contribution in [2.45, 2.75) is 12.5 Å². The molecule has 96 valence electrons. The van der Waals surface area contributed by atoms with Crippen LogP contribution < -0.4 is 5.73 Å². The Labute approximate surface area is 109 Å². The summed E-state index contributed by atoms with van der Waals surface area (Å²) in [6, 6.07) is 1.14. The lowest BCUT2D eigenvalue weighted by atomic mass is 10.0. The van der Waals surface area contributed by atoms with Crippen LogP contribution in [0.4, 0.5) is 4.39 Å². The van der Waals surface area contributed by atoms with Gasteiger partial charge in [-0.3, -0.25) is 4.79 Å². The summed E-state index contributed by atoms with van der Waals surface area (Å²) in [7, 11) is 1.22. The van der Waals surface area contributed by atoms with Gasteiger partial charge in [-0.25, -0.2) is 4.39 Å². The lowest BCUT2D eigenvalue weighted by Crippen LogP contribution is -2.16. The van der Waals surface area contributed by atoms with Crippen LogP contribution in [0.1, 0.15) is 18.0 Å². The van der Waals surface area contributed by atoms with E-state index in [9.17, 15) is 14.3 Å². The van der Waals surface area contributed by atoms with Crippen LogP contribution in [-0.2, 0) is 9.53 Å². The lowest BCUT2D eigenvalue weighted by molar-refractivity contribution is -0.141. The number of benzene rings is 1. The van der Waals surface area contributed by atoms with Crippen molar-refractivity contribution in [3.05, 3.63) is 28.5 Å². The summed E-state index contributed by atoms with van der Waals surface area (Å²) in [6.07, 6.45) is -0.163. The predicted molar refractivity (Wildman–Crippen MR) is 63.9 cm³/mol. The van der Waals surface area contributed by atoms with E-state index in [0.29, 0.717) is 0 Å². The monoisotopic (exact) mass is 283 g/mol. The molecule has 7 heteroatoms. The molecule has 0 spiro atoms. The van der Waals surface area contributed by atoms with Crippen LogP contribution in [0.5, 0.6) is 5.75 Å². The van der Waals surface area contributed by atoms with Crippen LogP contribution in [0.25, 0.3) is 0 Å². The average Bonchev–Trinajstić information content (AvgIpc) is 2.22. The van der Waals surface area contributed by atoms with Crippen LogP contribution in [0.3, 0.4) is 0 Å². The minimum absolute atomic E-state index is 0. The van der Waals surface area contributed by atoms with Crippen LogP contribution >= 0.6 is 24.0 Å². The molecular formula is C10H12Cl2FNO3. The molecule has 0 saturated carbocycles. The summed E-state index contributed by atoms with van der Waals surface area (Å²) >= 11 is 5.57. The third-order valence-electron chi connectivity index (χ3n) is 2.07. The van der Waals surface area contributed by atoms with Crippen LogP contribution in [-0.4, -0.2) is 18.2 Å². The number of ether oxygens (including phenoxy) is 1. The number of esters is 1. The smallest absolute Gasteiger partial charge is 0.307 e. The van der Waals surface area contributed by atoms with Crippen molar-refractivity contribution < 1.29 is 19.0 Å². The number of hydrogen-bond acceptors (Lipinski definition) is 4. The van der Waals surface area contributed by atoms with Crippen molar-refractivity contribution in [2.75, 3.05) is 7.11 Å². The highest BCUT2D eigenvalue weighted by Gasteiger charge is 2.18. The fourth-order valence-corrected chi connectivity index (χ4v) is 1.45. The summed E-state index contributed by atoms with van der Waals surface area (Å²) in [5.41, 5.74) is 5.70. The third-order valence-corrected chi connectivity index (χ3v) is 2.36. The second-order valence-corrected chi connectivity index (χ2v) is 3.62. The Bertz CT molecular complexity index is 415. The van der Waals surface area contributed by atoms with Gasteiger partial charge in [0.25, 0.3) is 0 Å². The van der Waals surface area contributed by atoms with Gasteiger partial charge in [-0.05, 0) is 12.1 Å². The summed E-state index contributed by atoms with van der Waals surface area (Å²) in [6.45, 7) is 0. The van der Waals surface area contributed by atoms with Crippen LogP contribution in [0.15, 0.2) is 12.1 Å². The fourth-order valence-electron chi connectivity index (χ4n) is 1.24. The Morgan fingerprint density at radius 3 is 2.76 bits per heavy atom. The second kappa shape index (κ2) is 6.64. The van der Waals surface area contributed by atoms with E-state index in [4.69, 9.17) is 17.3 Å². The zero-order valence-corrected chi connectivity index (χ0v) is 10.5. The molecule has 0 bridgehead atoms. The van der Waals surface area contributed by atoms with Crippen molar-refractivity contribution in [3.8, 4) is 5.75 Å². The predicted octanol–water partition coefficient (Wildman–Crippen LogP) is 2.17.